The first-order valence-corrected chi connectivity index (χ1v) is 9.62. The Hall–Kier alpha value is -0.710. The maximum Gasteiger partial charge on any atom is 0.252 e. The van der Waals surface area contributed by atoms with E-state index >= 15 is 0 Å². The van der Waals surface area contributed by atoms with Gasteiger partial charge in [0, 0.05) is 18.3 Å². The van der Waals surface area contributed by atoms with Crippen molar-refractivity contribution in [2.75, 3.05) is 31.1 Å². The van der Waals surface area contributed by atoms with E-state index in [4.69, 9.17) is 11.6 Å². The molecule has 22 heavy (non-hydrogen) atoms. The lowest BCUT2D eigenvalue weighted by atomic mass is 9.95. The molecule has 2 heterocycles. The molecule has 1 aromatic carbocycles. The lowest BCUT2D eigenvalue weighted by Gasteiger charge is -2.35. The van der Waals surface area contributed by atoms with Crippen molar-refractivity contribution in [1.82, 2.24) is 10.2 Å². The van der Waals surface area contributed by atoms with E-state index in [9.17, 15) is 4.79 Å². The van der Waals surface area contributed by atoms with Gasteiger partial charge < -0.3 is 5.32 Å². The van der Waals surface area contributed by atoms with Gasteiger partial charge >= 0.3 is 0 Å². The molecule has 3 nitrogen and oxygen atoms in total. The highest BCUT2D eigenvalue weighted by Crippen LogP contribution is 2.26. The third-order valence-corrected chi connectivity index (χ3v) is 6.22. The van der Waals surface area contributed by atoms with E-state index in [1.54, 1.807) is 12.1 Å². The fourth-order valence-electron chi connectivity index (χ4n) is 3.31. The Morgan fingerprint density at radius 1 is 1.27 bits per heavy atom. The first-order chi connectivity index (χ1) is 10.7. The second-order valence-electron chi connectivity index (χ2n) is 6.19. The molecule has 0 aromatic heterocycles. The maximum absolute atomic E-state index is 12.2. The summed E-state index contributed by atoms with van der Waals surface area (Å²) in [6.45, 7) is 3.12. The lowest BCUT2D eigenvalue weighted by Crippen LogP contribution is -2.43. The number of carbonyl (C=O) groups is 1. The van der Waals surface area contributed by atoms with Crippen LogP contribution in [0.5, 0.6) is 0 Å². The van der Waals surface area contributed by atoms with Gasteiger partial charge in [0.1, 0.15) is 0 Å². The molecule has 2 aliphatic rings. The van der Waals surface area contributed by atoms with Gasteiger partial charge in [-0.2, -0.15) is 11.8 Å². The van der Waals surface area contributed by atoms with Crippen molar-refractivity contribution in [3.63, 3.8) is 0 Å². The monoisotopic (exact) mass is 338 g/mol. The van der Waals surface area contributed by atoms with Crippen LogP contribution in [-0.4, -0.2) is 48.0 Å². The Bertz CT molecular complexity index is 511. The maximum atomic E-state index is 12.2. The topological polar surface area (TPSA) is 32.3 Å². The average Bonchev–Trinajstić information content (AvgIpc) is 3.08. The van der Waals surface area contributed by atoms with Gasteiger partial charge in [-0.1, -0.05) is 23.7 Å². The zero-order chi connectivity index (χ0) is 15.4. The second kappa shape index (κ2) is 7.71. The van der Waals surface area contributed by atoms with E-state index in [1.165, 1.54) is 43.9 Å². The number of carbonyl (C=O) groups excluding carboxylic acids is 1. The van der Waals surface area contributed by atoms with Crippen molar-refractivity contribution < 1.29 is 4.79 Å². The van der Waals surface area contributed by atoms with Gasteiger partial charge in [0.25, 0.3) is 5.91 Å². The number of rotatable bonds is 4. The van der Waals surface area contributed by atoms with Crippen LogP contribution >= 0.6 is 23.4 Å². The van der Waals surface area contributed by atoms with Gasteiger partial charge in [0.15, 0.2) is 0 Å². The normalized spacial score (nSPS) is 23.6. The highest BCUT2D eigenvalue weighted by Gasteiger charge is 2.27. The van der Waals surface area contributed by atoms with Crippen molar-refractivity contribution in [1.29, 1.82) is 0 Å². The molecule has 2 aliphatic heterocycles. The SMILES string of the molecule is O=C(NCC1CCN([C@@H]2CCSC2)CC1)c1ccccc1Cl. The van der Waals surface area contributed by atoms with E-state index in [0.29, 0.717) is 16.5 Å². The number of hydrogen-bond acceptors (Lipinski definition) is 3. The second-order valence-corrected chi connectivity index (χ2v) is 7.74. The molecule has 0 unspecified atom stereocenters. The van der Waals surface area contributed by atoms with Crippen LogP contribution in [-0.2, 0) is 0 Å². The molecule has 0 bridgehead atoms. The van der Waals surface area contributed by atoms with Crippen molar-refractivity contribution in [3.8, 4) is 0 Å². The molecule has 120 valence electrons. The van der Waals surface area contributed by atoms with E-state index < -0.39 is 0 Å². The first-order valence-electron chi connectivity index (χ1n) is 8.08. The Labute approximate surface area is 141 Å². The summed E-state index contributed by atoms with van der Waals surface area (Å²) in [4.78, 5) is 14.8. The standard InChI is InChI=1S/C17H23ClN2OS/c18-16-4-2-1-3-15(16)17(21)19-11-13-5-8-20(9-6-13)14-7-10-22-12-14/h1-4,13-14H,5-12H2,(H,19,21)/t14-/m1/s1. The van der Waals surface area contributed by atoms with Crippen molar-refractivity contribution in [2.24, 2.45) is 5.92 Å². The third-order valence-electron chi connectivity index (χ3n) is 4.74. The van der Waals surface area contributed by atoms with Crippen LogP contribution in [0.2, 0.25) is 5.02 Å². The number of benzene rings is 1. The minimum Gasteiger partial charge on any atom is -0.352 e. The smallest absolute Gasteiger partial charge is 0.252 e. The Morgan fingerprint density at radius 3 is 2.73 bits per heavy atom. The number of likely N-dealkylation sites (tertiary alicyclic amines) is 1. The van der Waals surface area contributed by atoms with E-state index in [2.05, 4.69) is 22.0 Å². The molecule has 0 aliphatic carbocycles. The quantitative estimate of drug-likeness (QED) is 0.914. The van der Waals surface area contributed by atoms with Gasteiger partial charge in [-0.25, -0.2) is 0 Å². The predicted molar refractivity (Wildman–Crippen MR) is 93.8 cm³/mol. The molecule has 1 aromatic rings. The fraction of sp³-hybridized carbons (Fsp3) is 0.588. The van der Waals surface area contributed by atoms with E-state index in [1.807, 2.05) is 12.1 Å². The average molecular weight is 339 g/mol. The van der Waals surface area contributed by atoms with Crippen LogP contribution in [0.4, 0.5) is 0 Å². The molecule has 5 heteroatoms. The van der Waals surface area contributed by atoms with Gasteiger partial charge in [0.2, 0.25) is 0 Å². The number of hydrogen-bond donors (Lipinski definition) is 1. The molecule has 1 N–H and O–H groups in total. The fourth-order valence-corrected chi connectivity index (χ4v) is 4.79. The van der Waals surface area contributed by atoms with Crippen LogP contribution in [0.1, 0.15) is 29.6 Å². The van der Waals surface area contributed by atoms with Crippen molar-refractivity contribution in [3.05, 3.63) is 34.9 Å². The molecule has 2 saturated heterocycles. The highest BCUT2D eigenvalue weighted by atomic mass is 35.5. The third kappa shape index (κ3) is 3.98. The Morgan fingerprint density at radius 2 is 2.05 bits per heavy atom. The number of halogens is 1. The number of nitrogens with one attached hydrogen (secondary N) is 1. The molecule has 2 fully saturated rings. The summed E-state index contributed by atoms with van der Waals surface area (Å²) in [6, 6.07) is 8.02. The van der Waals surface area contributed by atoms with Gasteiger partial charge in [-0.05, 0) is 56.2 Å². The molecule has 1 atom stereocenters. The van der Waals surface area contributed by atoms with E-state index in [-0.39, 0.29) is 5.91 Å². The summed E-state index contributed by atoms with van der Waals surface area (Å²) in [6.07, 6.45) is 3.71. The molecule has 1 amide bonds. The molecule has 0 spiro atoms. The first kappa shape index (κ1) is 16.2. The minimum atomic E-state index is -0.0553. The van der Waals surface area contributed by atoms with Crippen LogP contribution < -0.4 is 5.32 Å². The van der Waals surface area contributed by atoms with Crippen LogP contribution in [0.25, 0.3) is 0 Å². The zero-order valence-corrected chi connectivity index (χ0v) is 14.3. The highest BCUT2D eigenvalue weighted by molar-refractivity contribution is 7.99. The molecular formula is C17H23ClN2OS. The van der Waals surface area contributed by atoms with Crippen molar-refractivity contribution in [2.45, 2.75) is 25.3 Å². The summed E-state index contributed by atoms with van der Waals surface area (Å²) in [5, 5.41) is 3.57. The Balaban J connectivity index is 1.43. The number of amides is 1. The molecule has 3 rings (SSSR count). The number of piperidine rings is 1. The molecule has 0 radical (unpaired) electrons. The lowest BCUT2D eigenvalue weighted by molar-refractivity contribution is 0.0928. The van der Waals surface area contributed by atoms with Gasteiger partial charge in [0.05, 0.1) is 10.6 Å². The zero-order valence-electron chi connectivity index (χ0n) is 12.8. The largest absolute Gasteiger partial charge is 0.352 e. The predicted octanol–water partition coefficient (Wildman–Crippen LogP) is 3.29. The van der Waals surface area contributed by atoms with Crippen LogP contribution in [0, 0.1) is 5.92 Å². The molecular weight excluding hydrogens is 316 g/mol. The summed E-state index contributed by atoms with van der Waals surface area (Å²) in [5.74, 6) is 3.16. The number of nitrogens with zero attached hydrogens (tertiary/aromatic N) is 1. The van der Waals surface area contributed by atoms with E-state index in [0.717, 1.165) is 12.6 Å². The summed E-state index contributed by atoms with van der Waals surface area (Å²) < 4.78 is 0. The number of thioether (sulfide) groups is 1. The van der Waals surface area contributed by atoms with Crippen LogP contribution in [0.3, 0.4) is 0 Å². The summed E-state index contributed by atoms with van der Waals surface area (Å²) >= 11 is 8.14. The van der Waals surface area contributed by atoms with Gasteiger partial charge in [-0.3, -0.25) is 9.69 Å². The minimum absolute atomic E-state index is 0.0553. The van der Waals surface area contributed by atoms with Gasteiger partial charge in [-0.15, -0.1) is 0 Å². The van der Waals surface area contributed by atoms with Crippen LogP contribution in [0.15, 0.2) is 24.3 Å². The Kier molecular flexibility index (Phi) is 5.66. The summed E-state index contributed by atoms with van der Waals surface area (Å²) in [5.41, 5.74) is 0.574. The summed E-state index contributed by atoms with van der Waals surface area (Å²) in [7, 11) is 0. The van der Waals surface area contributed by atoms with Crippen molar-refractivity contribution >= 4 is 29.3 Å². The molecule has 0 saturated carbocycles.